The average molecular weight is 391 g/mol. The molecule has 1 aromatic heterocycles. The Labute approximate surface area is 176 Å². The quantitative estimate of drug-likeness (QED) is 0.411. The van der Waals surface area contributed by atoms with Gasteiger partial charge in [0.15, 0.2) is 5.78 Å². The number of carbonyl (C=O) groups is 2. The molecule has 4 aromatic rings. The summed E-state index contributed by atoms with van der Waals surface area (Å²) in [5, 5.41) is 0. The first-order valence-electron chi connectivity index (χ1n) is 9.85. The van der Waals surface area contributed by atoms with Crippen LogP contribution in [0.5, 0.6) is 0 Å². The molecular formula is C27H21NO2. The zero-order valence-corrected chi connectivity index (χ0v) is 16.7. The second kappa shape index (κ2) is 8.66. The van der Waals surface area contributed by atoms with E-state index in [4.69, 9.17) is 0 Å². The topological polar surface area (TPSA) is 47.0 Å². The number of hydrogen-bond donors (Lipinski definition) is 0. The van der Waals surface area contributed by atoms with Gasteiger partial charge in [-0.1, -0.05) is 84.4 Å². The molecular weight excluding hydrogens is 370 g/mol. The van der Waals surface area contributed by atoms with Crippen molar-refractivity contribution >= 4 is 11.6 Å². The lowest BCUT2D eigenvalue weighted by atomic mass is 9.98. The van der Waals surface area contributed by atoms with Gasteiger partial charge in [-0.25, -0.2) is 0 Å². The Bertz CT molecular complexity index is 1160. The summed E-state index contributed by atoms with van der Waals surface area (Å²) in [6.07, 6.45) is 2.35. The first kappa shape index (κ1) is 19.5. The Morgan fingerprint density at radius 2 is 1.13 bits per heavy atom. The van der Waals surface area contributed by atoms with Gasteiger partial charge in [0, 0.05) is 22.9 Å². The number of benzene rings is 3. The fraction of sp³-hybridized carbons (Fsp3) is 0.0741. The molecule has 0 aliphatic carbocycles. The molecule has 30 heavy (non-hydrogen) atoms. The van der Waals surface area contributed by atoms with Crippen LogP contribution in [-0.4, -0.2) is 16.6 Å². The van der Waals surface area contributed by atoms with Crippen LogP contribution in [0.2, 0.25) is 0 Å². The van der Waals surface area contributed by atoms with Crippen LogP contribution in [0.3, 0.4) is 0 Å². The molecule has 0 N–H and O–H groups in total. The predicted molar refractivity (Wildman–Crippen MR) is 118 cm³/mol. The lowest BCUT2D eigenvalue weighted by molar-refractivity contribution is 0.102. The van der Waals surface area contributed by atoms with E-state index in [-0.39, 0.29) is 11.6 Å². The first-order chi connectivity index (χ1) is 14.6. The van der Waals surface area contributed by atoms with Gasteiger partial charge in [0.2, 0.25) is 5.78 Å². The van der Waals surface area contributed by atoms with Crippen molar-refractivity contribution in [2.24, 2.45) is 0 Å². The van der Waals surface area contributed by atoms with E-state index < -0.39 is 0 Å². The smallest absolute Gasteiger partial charge is 0.211 e. The summed E-state index contributed by atoms with van der Waals surface area (Å²) in [6.45, 7) is 2.00. The minimum atomic E-state index is -0.0823. The number of nitrogens with zero attached hydrogens (tertiary/aromatic N) is 1. The van der Waals surface area contributed by atoms with Crippen molar-refractivity contribution in [1.29, 1.82) is 0 Å². The molecule has 0 bridgehead atoms. The Balaban J connectivity index is 1.44. The van der Waals surface area contributed by atoms with Gasteiger partial charge in [-0.05, 0) is 36.6 Å². The predicted octanol–water partition coefficient (Wildman–Crippen LogP) is 5.44. The summed E-state index contributed by atoms with van der Waals surface area (Å²) < 4.78 is 0. The van der Waals surface area contributed by atoms with Crippen molar-refractivity contribution in [1.82, 2.24) is 4.98 Å². The van der Waals surface area contributed by atoms with E-state index in [1.54, 1.807) is 18.3 Å². The van der Waals surface area contributed by atoms with E-state index in [1.807, 2.05) is 85.8 Å². The third-order valence-corrected chi connectivity index (χ3v) is 5.05. The number of rotatable bonds is 6. The summed E-state index contributed by atoms with van der Waals surface area (Å²) in [6, 6.07) is 28.2. The molecule has 0 fully saturated rings. The van der Waals surface area contributed by atoms with Gasteiger partial charge < -0.3 is 0 Å². The Morgan fingerprint density at radius 1 is 0.633 bits per heavy atom. The molecule has 0 aliphatic heterocycles. The fourth-order valence-corrected chi connectivity index (χ4v) is 3.30. The molecule has 0 spiro atoms. The highest BCUT2D eigenvalue weighted by atomic mass is 16.1. The zero-order chi connectivity index (χ0) is 20.9. The third kappa shape index (κ3) is 4.41. The Kier molecular flexibility index (Phi) is 5.62. The highest BCUT2D eigenvalue weighted by Crippen LogP contribution is 2.16. The van der Waals surface area contributed by atoms with Crippen LogP contribution >= 0.6 is 0 Å². The van der Waals surface area contributed by atoms with Crippen LogP contribution in [0, 0.1) is 6.92 Å². The van der Waals surface area contributed by atoms with E-state index in [9.17, 15) is 9.59 Å². The maximum atomic E-state index is 12.6. The van der Waals surface area contributed by atoms with Crippen LogP contribution in [0.15, 0.2) is 97.2 Å². The van der Waals surface area contributed by atoms with Crippen molar-refractivity contribution in [3.63, 3.8) is 0 Å². The second-order valence-electron chi connectivity index (χ2n) is 7.31. The van der Waals surface area contributed by atoms with Gasteiger partial charge >= 0.3 is 0 Å². The van der Waals surface area contributed by atoms with Crippen LogP contribution in [0.25, 0.3) is 0 Å². The molecule has 146 valence electrons. The second-order valence-corrected chi connectivity index (χ2v) is 7.31. The number of aryl methyl sites for hydroxylation is 1. The highest BCUT2D eigenvalue weighted by molar-refractivity contribution is 6.09. The molecule has 1 heterocycles. The van der Waals surface area contributed by atoms with Crippen LogP contribution in [0.4, 0.5) is 0 Å². The number of pyridine rings is 1. The monoisotopic (exact) mass is 391 g/mol. The molecule has 0 unspecified atom stereocenters. The van der Waals surface area contributed by atoms with Crippen molar-refractivity contribution in [3.05, 3.63) is 136 Å². The van der Waals surface area contributed by atoms with Gasteiger partial charge in [0.05, 0.1) is 0 Å². The van der Waals surface area contributed by atoms with Crippen molar-refractivity contribution in [2.45, 2.75) is 13.3 Å². The van der Waals surface area contributed by atoms with Crippen molar-refractivity contribution in [3.8, 4) is 0 Å². The number of hydrogen-bond acceptors (Lipinski definition) is 3. The maximum absolute atomic E-state index is 12.6. The van der Waals surface area contributed by atoms with Gasteiger partial charge in [0.1, 0.15) is 5.69 Å². The maximum Gasteiger partial charge on any atom is 0.211 e. The summed E-state index contributed by atoms with van der Waals surface area (Å²) in [5.74, 6) is -0.0555. The zero-order valence-electron chi connectivity index (χ0n) is 16.7. The lowest BCUT2D eigenvalue weighted by Gasteiger charge is -2.06. The average Bonchev–Trinajstić information content (AvgIpc) is 2.80. The van der Waals surface area contributed by atoms with Crippen LogP contribution < -0.4 is 0 Å². The molecule has 4 rings (SSSR count). The summed E-state index contributed by atoms with van der Waals surface area (Å²) in [7, 11) is 0. The number of carbonyl (C=O) groups excluding carboxylic acids is 2. The summed E-state index contributed by atoms with van der Waals surface area (Å²) >= 11 is 0. The van der Waals surface area contributed by atoms with E-state index in [0.717, 1.165) is 23.1 Å². The number of ketones is 2. The molecule has 0 amide bonds. The normalized spacial score (nSPS) is 10.6. The summed E-state index contributed by atoms with van der Waals surface area (Å²) in [5.41, 5.74) is 5.79. The van der Waals surface area contributed by atoms with Gasteiger partial charge in [-0.2, -0.15) is 0 Å². The van der Waals surface area contributed by atoms with Gasteiger partial charge in [-0.15, -0.1) is 0 Å². The molecule has 3 heteroatoms. The van der Waals surface area contributed by atoms with Crippen molar-refractivity contribution in [2.75, 3.05) is 0 Å². The molecule has 0 atom stereocenters. The minimum Gasteiger partial charge on any atom is -0.289 e. The lowest BCUT2D eigenvalue weighted by Crippen LogP contribution is -2.03. The Morgan fingerprint density at radius 3 is 1.63 bits per heavy atom. The Hall–Kier alpha value is -3.85. The van der Waals surface area contributed by atoms with Crippen LogP contribution in [-0.2, 0) is 6.42 Å². The van der Waals surface area contributed by atoms with Gasteiger partial charge in [-0.3, -0.25) is 14.6 Å². The van der Waals surface area contributed by atoms with E-state index >= 15 is 0 Å². The highest BCUT2D eigenvalue weighted by Gasteiger charge is 2.11. The van der Waals surface area contributed by atoms with E-state index in [0.29, 0.717) is 22.4 Å². The molecule has 0 aliphatic rings. The van der Waals surface area contributed by atoms with Crippen molar-refractivity contribution < 1.29 is 9.59 Å². The van der Waals surface area contributed by atoms with Crippen LogP contribution in [0.1, 0.15) is 48.7 Å². The molecule has 0 saturated heterocycles. The molecule has 0 radical (unpaired) electrons. The van der Waals surface area contributed by atoms with Gasteiger partial charge in [0.25, 0.3) is 0 Å². The first-order valence-corrected chi connectivity index (χ1v) is 9.85. The third-order valence-electron chi connectivity index (χ3n) is 5.05. The minimum absolute atomic E-state index is 0.0268. The standard InChI is InChI=1S/C27H21NO2/c1-19-5-11-22(12-6-19)26(29)23-13-7-20(8-14-23)18-21-9-15-24(16-10-21)27(30)25-4-2-3-17-28-25/h2-17H,18H2,1H3. The van der Waals surface area contributed by atoms with E-state index in [2.05, 4.69) is 4.98 Å². The molecule has 0 saturated carbocycles. The molecule has 3 nitrogen and oxygen atoms in total. The number of aromatic nitrogens is 1. The van der Waals surface area contributed by atoms with E-state index in [1.165, 1.54) is 0 Å². The molecule has 3 aromatic carbocycles. The largest absolute Gasteiger partial charge is 0.289 e. The SMILES string of the molecule is Cc1ccc(C(=O)c2ccc(Cc3ccc(C(=O)c4ccccn4)cc3)cc2)cc1. The fourth-order valence-electron chi connectivity index (χ4n) is 3.30. The summed E-state index contributed by atoms with van der Waals surface area (Å²) in [4.78, 5) is 29.2.